The van der Waals surface area contributed by atoms with Crippen molar-refractivity contribution in [3.05, 3.63) is 100.0 Å². The average Bonchev–Trinajstić information content (AvgIpc) is 3.22. The van der Waals surface area contributed by atoms with Crippen molar-refractivity contribution in [2.45, 2.75) is 19.4 Å². The molecule has 0 bridgehead atoms. The van der Waals surface area contributed by atoms with Crippen LogP contribution in [0.25, 0.3) is 10.9 Å². The Morgan fingerprint density at radius 2 is 1.91 bits per heavy atom. The number of rotatable bonds is 4. The number of amides is 2. The minimum Gasteiger partial charge on any atom is -0.462 e. The van der Waals surface area contributed by atoms with Crippen LogP contribution >= 0.6 is 11.6 Å². The van der Waals surface area contributed by atoms with E-state index in [9.17, 15) is 14.0 Å². The fourth-order valence-corrected chi connectivity index (χ4v) is 4.81. The second-order valence-electron chi connectivity index (χ2n) is 8.30. The van der Waals surface area contributed by atoms with Gasteiger partial charge in [0.2, 0.25) is 0 Å². The lowest BCUT2D eigenvalue weighted by atomic mass is 9.92. The number of carbonyl (C=O) groups is 2. The van der Waals surface area contributed by atoms with Gasteiger partial charge in [-0.15, -0.1) is 0 Å². The van der Waals surface area contributed by atoms with Crippen molar-refractivity contribution in [3.63, 3.8) is 0 Å². The molecule has 0 spiro atoms. The lowest BCUT2D eigenvalue weighted by Gasteiger charge is -2.36. The van der Waals surface area contributed by atoms with E-state index in [0.717, 1.165) is 27.7 Å². The second-order valence-corrected chi connectivity index (χ2v) is 8.74. The number of anilines is 1. The molecular formula is C27H23ClFN3O3. The first-order valence-electron chi connectivity index (χ1n) is 11.4. The molecule has 35 heavy (non-hydrogen) atoms. The highest BCUT2D eigenvalue weighted by Gasteiger charge is 2.35. The van der Waals surface area contributed by atoms with Crippen LogP contribution in [0, 0.1) is 5.82 Å². The van der Waals surface area contributed by atoms with Gasteiger partial charge < -0.3 is 19.9 Å². The summed E-state index contributed by atoms with van der Waals surface area (Å²) in [5.41, 5.74) is 4.25. The number of nitrogens with zero attached hydrogens (tertiary/aromatic N) is 1. The molecule has 2 heterocycles. The zero-order valence-electron chi connectivity index (χ0n) is 19.0. The number of hydrogen-bond acceptors (Lipinski definition) is 3. The van der Waals surface area contributed by atoms with Gasteiger partial charge in [-0.05, 0) is 66.9 Å². The van der Waals surface area contributed by atoms with E-state index in [1.807, 2.05) is 18.2 Å². The van der Waals surface area contributed by atoms with Crippen molar-refractivity contribution in [2.75, 3.05) is 18.5 Å². The monoisotopic (exact) mass is 491 g/mol. The Balaban J connectivity index is 1.55. The summed E-state index contributed by atoms with van der Waals surface area (Å²) in [5.74, 6) is -0.862. The number of aromatic amines is 1. The number of fused-ring (bicyclic) bond motifs is 3. The number of urea groups is 1. The van der Waals surface area contributed by atoms with Crippen molar-refractivity contribution < 1.29 is 18.7 Å². The Hall–Kier alpha value is -3.84. The van der Waals surface area contributed by atoms with E-state index in [2.05, 4.69) is 10.3 Å². The molecule has 1 aliphatic rings. The zero-order valence-corrected chi connectivity index (χ0v) is 19.7. The number of esters is 1. The molecule has 0 unspecified atom stereocenters. The molecule has 2 N–H and O–H groups in total. The van der Waals surface area contributed by atoms with Gasteiger partial charge >= 0.3 is 12.0 Å². The van der Waals surface area contributed by atoms with Crippen LogP contribution in [0.5, 0.6) is 0 Å². The first kappa shape index (κ1) is 22.9. The van der Waals surface area contributed by atoms with Gasteiger partial charge in [-0.1, -0.05) is 35.9 Å². The molecule has 0 fully saturated rings. The summed E-state index contributed by atoms with van der Waals surface area (Å²) in [6.45, 7) is 2.38. The molecule has 3 aromatic carbocycles. The molecule has 0 aliphatic carbocycles. The van der Waals surface area contributed by atoms with Crippen molar-refractivity contribution in [3.8, 4) is 0 Å². The van der Waals surface area contributed by atoms with Crippen LogP contribution in [0.1, 0.15) is 40.1 Å². The summed E-state index contributed by atoms with van der Waals surface area (Å²) in [5, 5.41) is 4.52. The van der Waals surface area contributed by atoms with E-state index in [0.29, 0.717) is 23.7 Å². The maximum atomic E-state index is 13.7. The van der Waals surface area contributed by atoms with Gasteiger partial charge in [0.1, 0.15) is 5.82 Å². The molecule has 1 atom stereocenters. The molecule has 2 amide bonds. The predicted molar refractivity (Wildman–Crippen MR) is 133 cm³/mol. The normalized spacial score (nSPS) is 15.1. The molecule has 8 heteroatoms. The van der Waals surface area contributed by atoms with Crippen LogP contribution in [-0.2, 0) is 11.2 Å². The number of hydrogen-bond donors (Lipinski definition) is 2. The highest BCUT2D eigenvalue weighted by atomic mass is 35.5. The van der Waals surface area contributed by atoms with E-state index < -0.39 is 12.0 Å². The number of ether oxygens (including phenoxy) is 1. The summed E-state index contributed by atoms with van der Waals surface area (Å²) in [6, 6.07) is 17.6. The third-order valence-electron chi connectivity index (χ3n) is 6.20. The molecule has 5 rings (SSSR count). The number of halogens is 2. The van der Waals surface area contributed by atoms with E-state index in [1.165, 1.54) is 12.1 Å². The van der Waals surface area contributed by atoms with Crippen LogP contribution in [0.15, 0.2) is 66.7 Å². The smallest absolute Gasteiger partial charge is 0.340 e. The van der Waals surface area contributed by atoms with Crippen molar-refractivity contribution in [2.24, 2.45) is 0 Å². The van der Waals surface area contributed by atoms with E-state index in [-0.39, 0.29) is 24.0 Å². The van der Waals surface area contributed by atoms with Crippen LogP contribution in [-0.4, -0.2) is 35.0 Å². The van der Waals surface area contributed by atoms with E-state index in [4.69, 9.17) is 16.3 Å². The Morgan fingerprint density at radius 3 is 2.69 bits per heavy atom. The SMILES string of the molecule is CCOC(=O)c1ccccc1NC(=O)N1CCc2c([nH]c3ccc(Cl)cc23)[C@H]1c1ccc(F)cc1. The molecule has 0 radical (unpaired) electrons. The molecular weight excluding hydrogens is 469 g/mol. The van der Waals surface area contributed by atoms with Gasteiger partial charge in [-0.25, -0.2) is 14.0 Å². The maximum Gasteiger partial charge on any atom is 0.340 e. The summed E-state index contributed by atoms with van der Waals surface area (Å²) in [7, 11) is 0. The number of nitrogens with one attached hydrogen (secondary N) is 2. The third-order valence-corrected chi connectivity index (χ3v) is 6.43. The standard InChI is InChI=1S/C27H23ClFN3O3/c1-2-35-26(33)20-5-3-4-6-22(20)31-27(34)32-14-13-19-21-15-17(28)9-12-23(21)30-24(19)25(32)16-7-10-18(29)11-8-16/h3-12,15,25,30H,2,13-14H2,1H3,(H,31,34)/t25-/m1/s1. The number of carbonyl (C=O) groups excluding carboxylic acids is 2. The van der Waals surface area contributed by atoms with Gasteiger partial charge in [0.05, 0.1) is 23.9 Å². The maximum absolute atomic E-state index is 13.7. The van der Waals surface area contributed by atoms with Crippen LogP contribution in [0.2, 0.25) is 5.02 Å². The number of para-hydroxylation sites is 1. The van der Waals surface area contributed by atoms with Crippen LogP contribution < -0.4 is 5.32 Å². The first-order chi connectivity index (χ1) is 17.0. The lowest BCUT2D eigenvalue weighted by Crippen LogP contribution is -2.43. The van der Waals surface area contributed by atoms with Gasteiger partial charge in [0.15, 0.2) is 0 Å². The molecule has 4 aromatic rings. The number of benzene rings is 3. The molecule has 0 saturated heterocycles. The second kappa shape index (κ2) is 9.43. The highest BCUT2D eigenvalue weighted by Crippen LogP contribution is 2.39. The Morgan fingerprint density at radius 1 is 1.14 bits per heavy atom. The zero-order chi connectivity index (χ0) is 24.5. The van der Waals surface area contributed by atoms with Gasteiger partial charge in [-0.3, -0.25) is 0 Å². The fraction of sp³-hybridized carbons (Fsp3) is 0.185. The quantitative estimate of drug-likeness (QED) is 0.328. The molecule has 0 saturated carbocycles. The van der Waals surface area contributed by atoms with Crippen LogP contribution in [0.4, 0.5) is 14.9 Å². The largest absolute Gasteiger partial charge is 0.462 e. The van der Waals surface area contributed by atoms with E-state index >= 15 is 0 Å². The topological polar surface area (TPSA) is 74.4 Å². The highest BCUT2D eigenvalue weighted by molar-refractivity contribution is 6.31. The third kappa shape index (κ3) is 4.35. The van der Waals surface area contributed by atoms with E-state index in [1.54, 1.807) is 48.2 Å². The minimum absolute atomic E-state index is 0.229. The lowest BCUT2D eigenvalue weighted by molar-refractivity contribution is 0.0527. The van der Waals surface area contributed by atoms with Crippen molar-refractivity contribution >= 4 is 40.2 Å². The average molecular weight is 492 g/mol. The van der Waals surface area contributed by atoms with Gasteiger partial charge in [-0.2, -0.15) is 0 Å². The summed E-state index contributed by atoms with van der Waals surface area (Å²) in [4.78, 5) is 31.1. The van der Waals surface area contributed by atoms with Gasteiger partial charge in [0, 0.05) is 28.2 Å². The fourth-order valence-electron chi connectivity index (χ4n) is 4.64. The number of aromatic nitrogens is 1. The molecule has 1 aromatic heterocycles. The molecule has 1 aliphatic heterocycles. The summed E-state index contributed by atoms with van der Waals surface area (Å²) < 4.78 is 18.9. The Bertz CT molecular complexity index is 1420. The minimum atomic E-state index is -0.507. The predicted octanol–water partition coefficient (Wildman–Crippen LogP) is 6.32. The van der Waals surface area contributed by atoms with Crippen molar-refractivity contribution in [1.82, 2.24) is 9.88 Å². The van der Waals surface area contributed by atoms with Crippen molar-refractivity contribution in [1.29, 1.82) is 0 Å². The van der Waals surface area contributed by atoms with Gasteiger partial charge in [0.25, 0.3) is 0 Å². The first-order valence-corrected chi connectivity index (χ1v) is 11.7. The Kier molecular flexibility index (Phi) is 6.17. The molecule has 6 nitrogen and oxygen atoms in total. The number of H-pyrrole nitrogens is 1. The van der Waals surface area contributed by atoms with Crippen LogP contribution in [0.3, 0.4) is 0 Å². The summed E-state index contributed by atoms with van der Waals surface area (Å²) in [6.07, 6.45) is 0.611. The summed E-state index contributed by atoms with van der Waals surface area (Å²) >= 11 is 6.25. The molecule has 178 valence electrons. The Labute approximate surface area is 206 Å².